The molecule has 0 radical (unpaired) electrons. The summed E-state index contributed by atoms with van der Waals surface area (Å²) in [6.07, 6.45) is 5.41. The average molecular weight is 375 g/mol. The molecule has 0 aliphatic carbocycles. The Morgan fingerprint density at radius 3 is 2.83 bits per heavy atom. The Bertz CT molecular complexity index is 686. The molecule has 0 saturated carbocycles. The van der Waals surface area contributed by atoms with Crippen LogP contribution in [0.25, 0.3) is 0 Å². The third-order valence-electron chi connectivity index (χ3n) is 3.86. The standard InChI is InChI=1S/C17H19BrN4O/c18-14-6-4-5-13(11-14)16(23)20-12-15-7-8-19-17(21-15)22-9-2-1-3-10-22/h4-8,11H,1-3,9-10,12H2,(H,20,23). The third-order valence-corrected chi connectivity index (χ3v) is 4.35. The van der Waals surface area contributed by atoms with Crippen molar-refractivity contribution in [1.82, 2.24) is 15.3 Å². The van der Waals surface area contributed by atoms with Gasteiger partial charge in [0.1, 0.15) is 0 Å². The first-order chi connectivity index (χ1) is 11.2. The van der Waals surface area contributed by atoms with Crippen molar-refractivity contribution in [3.05, 3.63) is 52.3 Å². The molecule has 1 fully saturated rings. The molecule has 0 bridgehead atoms. The topological polar surface area (TPSA) is 58.1 Å². The summed E-state index contributed by atoms with van der Waals surface area (Å²) in [5.74, 6) is 0.656. The van der Waals surface area contributed by atoms with E-state index in [1.54, 1.807) is 18.3 Å². The van der Waals surface area contributed by atoms with Gasteiger partial charge < -0.3 is 10.2 Å². The molecule has 120 valence electrons. The Balaban J connectivity index is 1.63. The number of nitrogens with one attached hydrogen (secondary N) is 1. The van der Waals surface area contributed by atoms with E-state index in [4.69, 9.17) is 0 Å². The Labute approximate surface area is 144 Å². The van der Waals surface area contributed by atoms with E-state index in [-0.39, 0.29) is 5.91 Å². The van der Waals surface area contributed by atoms with Crippen LogP contribution in [0.15, 0.2) is 41.0 Å². The summed E-state index contributed by atoms with van der Waals surface area (Å²) in [5, 5.41) is 2.90. The van der Waals surface area contributed by atoms with Crippen molar-refractivity contribution in [3.8, 4) is 0 Å². The van der Waals surface area contributed by atoms with Gasteiger partial charge in [0, 0.05) is 29.3 Å². The lowest BCUT2D eigenvalue weighted by Gasteiger charge is -2.26. The number of carbonyl (C=O) groups is 1. The van der Waals surface area contributed by atoms with Crippen molar-refractivity contribution in [2.24, 2.45) is 0 Å². The Morgan fingerprint density at radius 2 is 2.04 bits per heavy atom. The van der Waals surface area contributed by atoms with E-state index < -0.39 is 0 Å². The van der Waals surface area contributed by atoms with Gasteiger partial charge in [-0.1, -0.05) is 22.0 Å². The van der Waals surface area contributed by atoms with Crippen LogP contribution in [-0.2, 0) is 6.54 Å². The maximum Gasteiger partial charge on any atom is 0.251 e. The number of nitrogens with zero attached hydrogens (tertiary/aromatic N) is 3. The van der Waals surface area contributed by atoms with Crippen molar-refractivity contribution in [3.63, 3.8) is 0 Å². The number of halogens is 1. The fourth-order valence-corrected chi connectivity index (χ4v) is 3.03. The molecule has 6 heteroatoms. The van der Waals surface area contributed by atoms with E-state index in [2.05, 4.69) is 36.1 Å². The summed E-state index contributed by atoms with van der Waals surface area (Å²) in [4.78, 5) is 23.3. The number of hydrogen-bond acceptors (Lipinski definition) is 4. The van der Waals surface area contributed by atoms with Crippen LogP contribution in [-0.4, -0.2) is 29.0 Å². The Hall–Kier alpha value is -1.95. The number of carbonyl (C=O) groups excluding carboxylic acids is 1. The molecule has 0 spiro atoms. The molecule has 3 rings (SSSR count). The van der Waals surface area contributed by atoms with Gasteiger partial charge in [0.15, 0.2) is 0 Å². The molecule has 5 nitrogen and oxygen atoms in total. The van der Waals surface area contributed by atoms with Crippen LogP contribution in [0.4, 0.5) is 5.95 Å². The SMILES string of the molecule is O=C(NCc1ccnc(N2CCCCC2)n1)c1cccc(Br)c1. The van der Waals surface area contributed by atoms with Gasteiger partial charge in [-0.05, 0) is 43.5 Å². The van der Waals surface area contributed by atoms with Crippen LogP contribution in [0.1, 0.15) is 35.3 Å². The first-order valence-corrected chi connectivity index (χ1v) is 8.62. The second-order valence-corrected chi connectivity index (χ2v) is 6.50. The molecule has 23 heavy (non-hydrogen) atoms. The number of rotatable bonds is 4. The molecule has 1 N–H and O–H groups in total. The smallest absolute Gasteiger partial charge is 0.251 e. The molecule has 1 aromatic heterocycles. The predicted octanol–water partition coefficient (Wildman–Crippen LogP) is 3.16. The van der Waals surface area contributed by atoms with Crippen molar-refractivity contribution < 1.29 is 4.79 Å². The summed E-state index contributed by atoms with van der Waals surface area (Å²) in [7, 11) is 0. The van der Waals surface area contributed by atoms with Crippen molar-refractivity contribution in [2.45, 2.75) is 25.8 Å². The van der Waals surface area contributed by atoms with Gasteiger partial charge >= 0.3 is 0 Å². The highest BCUT2D eigenvalue weighted by molar-refractivity contribution is 9.10. The van der Waals surface area contributed by atoms with Crippen LogP contribution in [0, 0.1) is 0 Å². The van der Waals surface area contributed by atoms with Crippen LogP contribution < -0.4 is 10.2 Å². The number of benzene rings is 1. The van der Waals surface area contributed by atoms with E-state index in [1.165, 1.54) is 19.3 Å². The molecule has 1 aliphatic rings. The highest BCUT2D eigenvalue weighted by Gasteiger charge is 2.14. The molecule has 1 aliphatic heterocycles. The van der Waals surface area contributed by atoms with E-state index in [9.17, 15) is 4.79 Å². The molecule has 1 aromatic carbocycles. The van der Waals surface area contributed by atoms with Crippen molar-refractivity contribution >= 4 is 27.8 Å². The second kappa shape index (κ2) is 7.55. The third kappa shape index (κ3) is 4.28. The largest absolute Gasteiger partial charge is 0.346 e. The minimum atomic E-state index is -0.107. The number of piperidine rings is 1. The van der Waals surface area contributed by atoms with Gasteiger partial charge in [-0.2, -0.15) is 0 Å². The average Bonchev–Trinajstić information content (AvgIpc) is 2.61. The minimum Gasteiger partial charge on any atom is -0.346 e. The van der Waals surface area contributed by atoms with Gasteiger partial charge in [0.2, 0.25) is 5.95 Å². The van der Waals surface area contributed by atoms with Crippen molar-refractivity contribution in [1.29, 1.82) is 0 Å². The zero-order chi connectivity index (χ0) is 16.1. The van der Waals surface area contributed by atoms with E-state index in [1.807, 2.05) is 18.2 Å². The van der Waals surface area contributed by atoms with Crippen LogP contribution >= 0.6 is 15.9 Å². The first-order valence-electron chi connectivity index (χ1n) is 7.83. The lowest BCUT2D eigenvalue weighted by atomic mass is 10.1. The summed E-state index contributed by atoms with van der Waals surface area (Å²) < 4.78 is 0.888. The van der Waals surface area contributed by atoms with Crippen LogP contribution in [0.5, 0.6) is 0 Å². The van der Waals surface area contributed by atoms with E-state index in [0.717, 1.165) is 29.2 Å². The molecule has 0 atom stereocenters. The summed E-state index contributed by atoms with van der Waals surface area (Å²) in [5.41, 5.74) is 1.45. The molecule has 1 amide bonds. The molecule has 2 heterocycles. The fraction of sp³-hybridized carbons (Fsp3) is 0.353. The molecular formula is C17H19BrN4O. The minimum absolute atomic E-state index is 0.107. The van der Waals surface area contributed by atoms with Gasteiger partial charge in [-0.3, -0.25) is 4.79 Å². The predicted molar refractivity (Wildman–Crippen MR) is 93.4 cm³/mol. The van der Waals surface area contributed by atoms with E-state index >= 15 is 0 Å². The number of amides is 1. The van der Waals surface area contributed by atoms with Crippen LogP contribution in [0.2, 0.25) is 0 Å². The molecule has 1 saturated heterocycles. The zero-order valence-electron chi connectivity index (χ0n) is 12.8. The maximum atomic E-state index is 12.2. The molecule has 2 aromatic rings. The summed E-state index contributed by atoms with van der Waals surface area (Å²) >= 11 is 3.37. The molecule has 0 unspecified atom stereocenters. The normalized spacial score (nSPS) is 14.6. The molecular weight excluding hydrogens is 356 g/mol. The second-order valence-electron chi connectivity index (χ2n) is 5.59. The Morgan fingerprint density at radius 1 is 1.22 bits per heavy atom. The number of aromatic nitrogens is 2. The van der Waals surface area contributed by atoms with E-state index in [0.29, 0.717) is 12.1 Å². The summed E-state index contributed by atoms with van der Waals surface area (Å²) in [6.45, 7) is 2.41. The lowest BCUT2D eigenvalue weighted by Crippen LogP contribution is -2.31. The van der Waals surface area contributed by atoms with Crippen LogP contribution in [0.3, 0.4) is 0 Å². The highest BCUT2D eigenvalue weighted by Crippen LogP contribution is 2.15. The summed E-state index contributed by atoms with van der Waals surface area (Å²) in [6, 6.07) is 9.17. The maximum absolute atomic E-state index is 12.2. The first kappa shape index (κ1) is 15.9. The van der Waals surface area contributed by atoms with Gasteiger partial charge in [-0.25, -0.2) is 9.97 Å². The van der Waals surface area contributed by atoms with Crippen molar-refractivity contribution in [2.75, 3.05) is 18.0 Å². The zero-order valence-corrected chi connectivity index (χ0v) is 14.4. The van der Waals surface area contributed by atoms with Gasteiger partial charge in [-0.15, -0.1) is 0 Å². The highest BCUT2D eigenvalue weighted by atomic mass is 79.9. The fourth-order valence-electron chi connectivity index (χ4n) is 2.63. The number of hydrogen-bond donors (Lipinski definition) is 1. The monoisotopic (exact) mass is 374 g/mol. The number of anilines is 1. The van der Waals surface area contributed by atoms with Gasteiger partial charge in [0.05, 0.1) is 12.2 Å². The quantitative estimate of drug-likeness (QED) is 0.892. The van der Waals surface area contributed by atoms with Gasteiger partial charge in [0.25, 0.3) is 5.91 Å². The Kier molecular flexibility index (Phi) is 5.23. The lowest BCUT2D eigenvalue weighted by molar-refractivity contribution is 0.0950.